The minimum Gasteiger partial charge on any atom is -0.343 e. The standard InChI is InChI=1S/C20H24N2O5S2/c1-2-3-9-19(23)21-18(20(24)22-25)14-29(26,27)17-12-10-16(11-13-17)28-15-7-5-4-6-8-15/h4-8,10-13,18,25H,2-3,9,14H2,1H3,(H,21,23)(H,22,24). The summed E-state index contributed by atoms with van der Waals surface area (Å²) in [6.45, 7) is 1.91. The fourth-order valence-electron chi connectivity index (χ4n) is 2.52. The predicted molar refractivity (Wildman–Crippen MR) is 110 cm³/mol. The van der Waals surface area contributed by atoms with Crippen molar-refractivity contribution in [3.8, 4) is 0 Å². The molecule has 9 heteroatoms. The van der Waals surface area contributed by atoms with E-state index in [1.54, 1.807) is 12.1 Å². The van der Waals surface area contributed by atoms with Crippen molar-refractivity contribution < 1.29 is 23.2 Å². The molecule has 156 valence electrons. The summed E-state index contributed by atoms with van der Waals surface area (Å²) < 4.78 is 25.4. The zero-order valence-electron chi connectivity index (χ0n) is 16.0. The Balaban J connectivity index is 2.10. The lowest BCUT2D eigenvalue weighted by molar-refractivity contribution is -0.134. The zero-order valence-corrected chi connectivity index (χ0v) is 17.6. The number of nitrogens with one attached hydrogen (secondary N) is 2. The SMILES string of the molecule is CCCCC(=O)NC(CS(=O)(=O)c1ccc(Sc2ccccc2)cc1)C(=O)NO. The van der Waals surface area contributed by atoms with Crippen LogP contribution in [0.4, 0.5) is 0 Å². The van der Waals surface area contributed by atoms with Crippen LogP contribution in [0, 0.1) is 0 Å². The van der Waals surface area contributed by atoms with E-state index in [0.29, 0.717) is 6.42 Å². The number of benzene rings is 2. The molecule has 29 heavy (non-hydrogen) atoms. The highest BCUT2D eigenvalue weighted by molar-refractivity contribution is 7.99. The number of unbranched alkanes of at least 4 members (excludes halogenated alkanes) is 1. The maximum atomic E-state index is 12.7. The molecule has 0 bridgehead atoms. The van der Waals surface area contributed by atoms with Crippen LogP contribution in [-0.2, 0) is 19.4 Å². The molecule has 0 fully saturated rings. The van der Waals surface area contributed by atoms with Crippen molar-refractivity contribution in [3.63, 3.8) is 0 Å². The van der Waals surface area contributed by atoms with E-state index < -0.39 is 33.4 Å². The first kappa shape index (κ1) is 22.9. The van der Waals surface area contributed by atoms with Crippen LogP contribution >= 0.6 is 11.8 Å². The first-order valence-electron chi connectivity index (χ1n) is 9.14. The molecule has 1 unspecified atom stereocenters. The lowest BCUT2D eigenvalue weighted by atomic mass is 10.2. The van der Waals surface area contributed by atoms with Gasteiger partial charge in [-0.15, -0.1) is 0 Å². The molecule has 0 aromatic heterocycles. The molecular formula is C20H24N2O5S2. The topological polar surface area (TPSA) is 113 Å². The Kier molecular flexibility index (Phi) is 8.69. The van der Waals surface area contributed by atoms with Crippen LogP contribution in [0.5, 0.6) is 0 Å². The molecule has 0 heterocycles. The average Bonchev–Trinajstić information content (AvgIpc) is 2.72. The van der Waals surface area contributed by atoms with Crippen LogP contribution in [0.1, 0.15) is 26.2 Å². The Morgan fingerprint density at radius 1 is 1.03 bits per heavy atom. The van der Waals surface area contributed by atoms with Crippen LogP contribution in [0.3, 0.4) is 0 Å². The predicted octanol–water partition coefficient (Wildman–Crippen LogP) is 2.79. The number of rotatable bonds is 10. The third-order valence-corrected chi connectivity index (χ3v) is 6.85. The lowest BCUT2D eigenvalue weighted by Crippen LogP contribution is -2.49. The van der Waals surface area contributed by atoms with E-state index >= 15 is 0 Å². The highest BCUT2D eigenvalue weighted by Gasteiger charge is 2.28. The number of carbonyl (C=O) groups excluding carboxylic acids is 2. The summed E-state index contributed by atoms with van der Waals surface area (Å²) in [7, 11) is -3.87. The first-order valence-corrected chi connectivity index (χ1v) is 11.6. The molecule has 0 aliphatic rings. The maximum Gasteiger partial charge on any atom is 0.266 e. The fourth-order valence-corrected chi connectivity index (χ4v) is 4.77. The smallest absolute Gasteiger partial charge is 0.266 e. The van der Waals surface area contributed by atoms with Crippen molar-refractivity contribution in [1.82, 2.24) is 10.8 Å². The Bertz CT molecular complexity index is 916. The van der Waals surface area contributed by atoms with Crippen molar-refractivity contribution >= 4 is 33.4 Å². The van der Waals surface area contributed by atoms with E-state index in [1.165, 1.54) is 29.4 Å². The summed E-state index contributed by atoms with van der Waals surface area (Å²) in [5.74, 6) is -2.07. The molecule has 0 spiro atoms. The number of amides is 2. The molecule has 1 atom stereocenters. The van der Waals surface area contributed by atoms with Crippen LogP contribution in [0.2, 0.25) is 0 Å². The second kappa shape index (κ2) is 11.0. The Morgan fingerprint density at radius 3 is 2.24 bits per heavy atom. The summed E-state index contributed by atoms with van der Waals surface area (Å²) in [6.07, 6.45) is 1.58. The van der Waals surface area contributed by atoms with Crippen LogP contribution in [-0.4, -0.2) is 37.2 Å². The van der Waals surface area contributed by atoms with E-state index in [9.17, 15) is 18.0 Å². The number of carbonyl (C=O) groups is 2. The van der Waals surface area contributed by atoms with Gasteiger partial charge in [0.1, 0.15) is 6.04 Å². The summed E-state index contributed by atoms with van der Waals surface area (Å²) >= 11 is 1.50. The van der Waals surface area contributed by atoms with Gasteiger partial charge in [-0.05, 0) is 42.8 Å². The van der Waals surface area contributed by atoms with E-state index in [-0.39, 0.29) is 11.3 Å². The second-order valence-electron chi connectivity index (χ2n) is 6.37. The van der Waals surface area contributed by atoms with Gasteiger partial charge >= 0.3 is 0 Å². The van der Waals surface area contributed by atoms with Gasteiger partial charge in [0.05, 0.1) is 10.6 Å². The van der Waals surface area contributed by atoms with E-state index in [1.807, 2.05) is 37.3 Å². The molecule has 0 aliphatic carbocycles. The average molecular weight is 437 g/mol. The van der Waals surface area contributed by atoms with Crippen LogP contribution < -0.4 is 10.8 Å². The molecule has 0 radical (unpaired) electrons. The third kappa shape index (κ3) is 7.19. The highest BCUT2D eigenvalue weighted by Crippen LogP contribution is 2.28. The van der Waals surface area contributed by atoms with Crippen LogP contribution in [0.15, 0.2) is 69.3 Å². The van der Waals surface area contributed by atoms with Crippen molar-refractivity contribution in [3.05, 3.63) is 54.6 Å². The highest BCUT2D eigenvalue weighted by atomic mass is 32.2. The molecule has 0 saturated carbocycles. The second-order valence-corrected chi connectivity index (χ2v) is 9.55. The summed E-state index contributed by atoms with van der Waals surface area (Å²) in [6, 6.07) is 14.6. The van der Waals surface area contributed by atoms with Gasteiger partial charge in [-0.3, -0.25) is 14.8 Å². The monoisotopic (exact) mass is 436 g/mol. The fraction of sp³-hybridized carbons (Fsp3) is 0.300. The van der Waals surface area contributed by atoms with Gasteiger partial charge in [0.25, 0.3) is 5.91 Å². The van der Waals surface area contributed by atoms with Gasteiger partial charge in [-0.2, -0.15) is 0 Å². The van der Waals surface area contributed by atoms with Crippen molar-refractivity contribution in [2.45, 2.75) is 46.9 Å². The van der Waals surface area contributed by atoms with Crippen molar-refractivity contribution in [2.75, 3.05) is 5.75 Å². The maximum absolute atomic E-state index is 12.7. The van der Waals surface area contributed by atoms with Gasteiger partial charge in [0.2, 0.25) is 5.91 Å². The number of hydrogen-bond donors (Lipinski definition) is 3. The summed E-state index contributed by atoms with van der Waals surface area (Å²) in [5.41, 5.74) is 1.42. The van der Waals surface area contributed by atoms with Gasteiger partial charge < -0.3 is 5.32 Å². The van der Waals surface area contributed by atoms with Gasteiger partial charge in [-0.1, -0.05) is 43.3 Å². The minimum absolute atomic E-state index is 0.0356. The molecule has 0 saturated heterocycles. The molecule has 0 aliphatic heterocycles. The van der Waals surface area contributed by atoms with Crippen molar-refractivity contribution in [2.24, 2.45) is 0 Å². The normalized spacial score (nSPS) is 12.2. The van der Waals surface area contributed by atoms with E-state index in [0.717, 1.165) is 16.2 Å². The van der Waals surface area contributed by atoms with E-state index in [4.69, 9.17) is 5.21 Å². The third-order valence-electron chi connectivity index (χ3n) is 4.07. The number of hydrogen-bond acceptors (Lipinski definition) is 6. The van der Waals surface area contributed by atoms with Crippen molar-refractivity contribution in [1.29, 1.82) is 0 Å². The number of hydroxylamine groups is 1. The molecule has 2 amide bonds. The minimum atomic E-state index is -3.87. The van der Waals surface area contributed by atoms with Gasteiger partial charge in [0, 0.05) is 16.2 Å². The zero-order chi connectivity index (χ0) is 21.3. The number of sulfone groups is 1. The quantitative estimate of drug-likeness (QED) is 0.390. The molecule has 7 nitrogen and oxygen atoms in total. The summed E-state index contributed by atoms with van der Waals surface area (Å²) in [5, 5.41) is 11.3. The lowest BCUT2D eigenvalue weighted by Gasteiger charge is -2.17. The molecule has 2 aromatic rings. The van der Waals surface area contributed by atoms with Crippen LogP contribution in [0.25, 0.3) is 0 Å². The first-order chi connectivity index (χ1) is 13.9. The molecule has 2 rings (SSSR count). The van der Waals surface area contributed by atoms with Gasteiger partial charge in [-0.25, -0.2) is 13.9 Å². The Hall–Kier alpha value is -2.36. The Labute approximate surface area is 174 Å². The Morgan fingerprint density at radius 2 is 1.66 bits per heavy atom. The van der Waals surface area contributed by atoms with Gasteiger partial charge in [0.15, 0.2) is 9.84 Å². The summed E-state index contributed by atoms with van der Waals surface area (Å²) in [4.78, 5) is 25.7. The largest absolute Gasteiger partial charge is 0.343 e. The molecule has 3 N–H and O–H groups in total. The molecular weight excluding hydrogens is 412 g/mol. The molecule has 2 aromatic carbocycles. The van der Waals surface area contributed by atoms with E-state index in [2.05, 4.69) is 5.32 Å².